The molecule has 0 aliphatic heterocycles. The van der Waals surface area contributed by atoms with Gasteiger partial charge in [0.1, 0.15) is 0 Å². The van der Waals surface area contributed by atoms with Crippen LogP contribution in [-0.2, 0) is 0 Å². The van der Waals surface area contributed by atoms with Crippen LogP contribution in [0.3, 0.4) is 0 Å². The van der Waals surface area contributed by atoms with E-state index in [1.807, 2.05) is 4.99 Å². The van der Waals surface area contributed by atoms with Gasteiger partial charge in [-0.2, -0.15) is 0 Å². The Balaban J connectivity index is 3.94. The third-order valence-corrected chi connectivity index (χ3v) is 3.41. The molecule has 1 unspecified atom stereocenters. The summed E-state index contributed by atoms with van der Waals surface area (Å²) in [6.45, 7) is 7.90. The van der Waals surface area contributed by atoms with E-state index in [9.17, 15) is 0 Å². The number of alkyl halides is 1. The van der Waals surface area contributed by atoms with Crippen molar-refractivity contribution in [1.29, 1.82) is 0 Å². The minimum atomic E-state index is 0.207. The van der Waals surface area contributed by atoms with E-state index in [0.717, 1.165) is 18.4 Å². The van der Waals surface area contributed by atoms with Gasteiger partial charge in [0.2, 0.25) is 0 Å². The normalized spacial score (nSPS) is 14.8. The van der Waals surface area contributed by atoms with Gasteiger partial charge in [-0.05, 0) is 29.3 Å². The van der Waals surface area contributed by atoms with Crippen LogP contribution in [0.2, 0.25) is 0 Å². The average molecular weight is 286 g/mol. The zero-order valence-corrected chi connectivity index (χ0v) is 11.1. The highest BCUT2D eigenvalue weighted by Gasteiger charge is 2.10. The lowest BCUT2D eigenvalue weighted by atomic mass is 10.0. The van der Waals surface area contributed by atoms with E-state index in [2.05, 4.69) is 36.4 Å². The summed E-state index contributed by atoms with van der Waals surface area (Å²) < 4.78 is 0. The van der Waals surface area contributed by atoms with Crippen molar-refractivity contribution in [2.75, 3.05) is 0 Å². The molecule has 0 aliphatic rings. The fraction of sp³-hybridized carbons (Fsp3) is 0.600. The maximum atomic E-state index is 6.11. The van der Waals surface area contributed by atoms with Crippen molar-refractivity contribution in [3.63, 3.8) is 0 Å². The predicted octanol–water partition coefficient (Wildman–Crippen LogP) is 5.06. The summed E-state index contributed by atoms with van der Waals surface area (Å²) in [5.74, 6) is 0.502. The number of hydrogen-bond acceptors (Lipinski definition) is 0. The molecule has 0 heterocycles. The van der Waals surface area contributed by atoms with Crippen LogP contribution in [0.25, 0.3) is 0 Å². The Hall–Kier alpha value is 0.540. The van der Waals surface area contributed by atoms with Crippen molar-refractivity contribution in [3.05, 3.63) is 22.2 Å². The van der Waals surface area contributed by atoms with Gasteiger partial charge in [-0.15, -0.1) is 11.6 Å². The molecule has 0 aromatic rings. The standard InChI is InChI=1S/C10H15BrCl2/c1-7(2)10(13)5-4-9(6-11)8(3)12/h6-7,10H,3-5H2,1-2H3. The van der Waals surface area contributed by atoms with Crippen LogP contribution < -0.4 is 0 Å². The lowest BCUT2D eigenvalue weighted by Gasteiger charge is -2.13. The molecule has 0 N–H and O–H groups in total. The molecule has 0 radical (unpaired) electrons. The number of halogens is 3. The van der Waals surface area contributed by atoms with Gasteiger partial charge in [0.25, 0.3) is 0 Å². The highest BCUT2D eigenvalue weighted by Crippen LogP contribution is 2.24. The molecule has 0 bridgehead atoms. The maximum Gasteiger partial charge on any atom is 0.0371 e. The maximum absolute atomic E-state index is 6.11. The van der Waals surface area contributed by atoms with Gasteiger partial charge in [0, 0.05) is 10.4 Å². The monoisotopic (exact) mass is 284 g/mol. The highest BCUT2D eigenvalue weighted by atomic mass is 79.9. The lowest BCUT2D eigenvalue weighted by molar-refractivity contribution is 0.566. The van der Waals surface area contributed by atoms with E-state index in [1.165, 1.54) is 0 Å². The van der Waals surface area contributed by atoms with Gasteiger partial charge in [-0.1, -0.05) is 48.0 Å². The summed E-state index contributed by atoms with van der Waals surface area (Å²) in [7, 11) is 0. The summed E-state index contributed by atoms with van der Waals surface area (Å²) in [4.78, 5) is 1.81. The topological polar surface area (TPSA) is 0 Å². The van der Waals surface area contributed by atoms with Crippen LogP contribution >= 0.6 is 39.1 Å². The van der Waals surface area contributed by atoms with Crippen LogP contribution in [-0.4, -0.2) is 5.38 Å². The van der Waals surface area contributed by atoms with Crippen LogP contribution in [0.5, 0.6) is 0 Å². The Labute approximate surface area is 99.1 Å². The molecule has 0 fully saturated rings. The van der Waals surface area contributed by atoms with Crippen molar-refractivity contribution in [1.82, 2.24) is 0 Å². The van der Waals surface area contributed by atoms with E-state index in [1.54, 1.807) is 0 Å². The Morgan fingerprint density at radius 1 is 1.54 bits per heavy atom. The first-order chi connectivity index (χ1) is 5.99. The van der Waals surface area contributed by atoms with Gasteiger partial charge in [-0.25, -0.2) is 0 Å². The van der Waals surface area contributed by atoms with Crippen molar-refractivity contribution in [2.24, 2.45) is 5.92 Å². The lowest BCUT2D eigenvalue weighted by Crippen LogP contribution is -2.07. The van der Waals surface area contributed by atoms with Crippen molar-refractivity contribution in [2.45, 2.75) is 32.1 Å². The summed E-state index contributed by atoms with van der Waals surface area (Å²) >= 11 is 15.1. The van der Waals surface area contributed by atoms with Gasteiger partial charge >= 0.3 is 0 Å². The molecule has 13 heavy (non-hydrogen) atoms. The van der Waals surface area contributed by atoms with Crippen LogP contribution in [0.15, 0.2) is 22.2 Å². The van der Waals surface area contributed by atoms with E-state index in [4.69, 9.17) is 23.2 Å². The van der Waals surface area contributed by atoms with Crippen LogP contribution in [0.4, 0.5) is 0 Å². The molecule has 0 nitrogen and oxygen atoms in total. The quantitative estimate of drug-likeness (QED) is 0.489. The zero-order chi connectivity index (χ0) is 10.4. The molecule has 0 spiro atoms. The molecular weight excluding hydrogens is 271 g/mol. The molecular formula is C10H15BrCl2. The summed E-state index contributed by atoms with van der Waals surface area (Å²) in [5, 5.41) is 0.794. The van der Waals surface area contributed by atoms with E-state index < -0.39 is 0 Å². The summed E-state index contributed by atoms with van der Waals surface area (Å²) in [6.07, 6.45) is 1.81. The highest BCUT2D eigenvalue weighted by molar-refractivity contribution is 9.11. The van der Waals surface area contributed by atoms with Crippen molar-refractivity contribution < 1.29 is 0 Å². The second-order valence-electron chi connectivity index (χ2n) is 3.34. The van der Waals surface area contributed by atoms with Gasteiger partial charge in [0.05, 0.1) is 0 Å². The Bertz CT molecular complexity index is 197. The van der Waals surface area contributed by atoms with Crippen LogP contribution in [0, 0.1) is 5.92 Å². The summed E-state index contributed by atoms with van der Waals surface area (Å²) in [5.41, 5.74) is 1.02. The molecule has 0 aromatic carbocycles. The van der Waals surface area contributed by atoms with E-state index >= 15 is 0 Å². The first-order valence-electron chi connectivity index (χ1n) is 4.27. The molecule has 0 aromatic heterocycles. The first-order valence-corrected chi connectivity index (χ1v) is 6.00. The predicted molar refractivity (Wildman–Crippen MR) is 65.7 cm³/mol. The minimum absolute atomic E-state index is 0.207. The number of hydrogen-bond donors (Lipinski definition) is 0. The fourth-order valence-corrected chi connectivity index (χ4v) is 1.77. The Kier molecular flexibility index (Phi) is 7.20. The average Bonchev–Trinajstić information content (AvgIpc) is 2.04. The molecule has 1 atom stereocenters. The first kappa shape index (κ1) is 13.5. The second kappa shape index (κ2) is 6.92. The Morgan fingerprint density at radius 3 is 2.38 bits per heavy atom. The van der Waals surface area contributed by atoms with Gasteiger partial charge < -0.3 is 0 Å². The smallest absolute Gasteiger partial charge is 0.0371 e. The minimum Gasteiger partial charge on any atom is -0.123 e. The molecule has 76 valence electrons. The number of rotatable bonds is 5. The SMILES string of the molecule is C=C(Cl)C(=CBr)CCC(Cl)C(C)C. The third-order valence-electron chi connectivity index (χ3n) is 1.89. The molecule has 3 heteroatoms. The van der Waals surface area contributed by atoms with Crippen molar-refractivity contribution >= 4 is 39.1 Å². The van der Waals surface area contributed by atoms with Gasteiger partial charge in [0.15, 0.2) is 0 Å². The molecule has 0 rings (SSSR count). The molecule has 0 saturated heterocycles. The van der Waals surface area contributed by atoms with E-state index in [-0.39, 0.29) is 5.38 Å². The third kappa shape index (κ3) is 5.77. The van der Waals surface area contributed by atoms with Crippen molar-refractivity contribution in [3.8, 4) is 0 Å². The summed E-state index contributed by atoms with van der Waals surface area (Å²) in [6, 6.07) is 0. The molecule has 0 saturated carbocycles. The second-order valence-corrected chi connectivity index (χ2v) is 4.81. The molecule has 0 aliphatic carbocycles. The largest absolute Gasteiger partial charge is 0.123 e. The number of allylic oxidation sites excluding steroid dienone is 2. The Morgan fingerprint density at radius 2 is 2.08 bits per heavy atom. The zero-order valence-electron chi connectivity index (χ0n) is 7.99. The van der Waals surface area contributed by atoms with Crippen LogP contribution in [0.1, 0.15) is 26.7 Å². The fourth-order valence-electron chi connectivity index (χ4n) is 0.876. The van der Waals surface area contributed by atoms with Gasteiger partial charge in [-0.3, -0.25) is 0 Å². The molecule has 0 amide bonds. The van der Waals surface area contributed by atoms with E-state index in [0.29, 0.717) is 11.0 Å².